The SMILES string of the molecule is CCCCCCCCCCCCN1C(SCCCCC)=NC2C1C(=O)NC(=O)N2C. The largest absolute Gasteiger partial charge is 0.336 e. The number of urea groups is 1. The fraction of sp³-hybridized carbons (Fsp3) is 0.870. The molecule has 1 N–H and O–H groups in total. The summed E-state index contributed by atoms with van der Waals surface area (Å²) in [5, 5.41) is 3.43. The van der Waals surface area contributed by atoms with Gasteiger partial charge in [0.1, 0.15) is 0 Å². The van der Waals surface area contributed by atoms with Crippen LogP contribution in [0.25, 0.3) is 0 Å². The Hall–Kier alpha value is -1.24. The van der Waals surface area contributed by atoms with Crippen LogP contribution in [0.15, 0.2) is 4.99 Å². The molecule has 2 rings (SSSR count). The van der Waals surface area contributed by atoms with E-state index in [0.29, 0.717) is 0 Å². The third-order valence-corrected chi connectivity index (χ3v) is 7.15. The van der Waals surface area contributed by atoms with Crippen molar-refractivity contribution in [2.45, 2.75) is 110 Å². The molecule has 7 heteroatoms. The Kier molecular flexibility index (Phi) is 11.6. The number of amides is 3. The molecule has 0 aliphatic carbocycles. The van der Waals surface area contributed by atoms with Crippen LogP contribution in [0.3, 0.4) is 0 Å². The van der Waals surface area contributed by atoms with Crippen molar-refractivity contribution in [3.8, 4) is 0 Å². The van der Waals surface area contributed by atoms with E-state index in [9.17, 15) is 9.59 Å². The predicted molar refractivity (Wildman–Crippen MR) is 127 cm³/mol. The van der Waals surface area contributed by atoms with Gasteiger partial charge in [-0.25, -0.2) is 9.79 Å². The highest BCUT2D eigenvalue weighted by molar-refractivity contribution is 8.13. The van der Waals surface area contributed by atoms with E-state index in [1.54, 1.807) is 23.7 Å². The first-order valence-electron chi connectivity index (χ1n) is 12.1. The number of thioether (sulfide) groups is 1. The molecule has 0 saturated carbocycles. The predicted octanol–water partition coefficient (Wildman–Crippen LogP) is 5.38. The fourth-order valence-electron chi connectivity index (χ4n) is 4.14. The summed E-state index contributed by atoms with van der Waals surface area (Å²) in [7, 11) is 1.73. The Bertz CT molecular complexity index is 569. The second-order valence-electron chi connectivity index (χ2n) is 8.61. The van der Waals surface area contributed by atoms with Crippen LogP contribution in [0.2, 0.25) is 0 Å². The van der Waals surface area contributed by atoms with Crippen LogP contribution in [0.1, 0.15) is 97.3 Å². The number of nitrogens with zero attached hydrogens (tertiary/aromatic N) is 3. The van der Waals surface area contributed by atoms with E-state index in [1.807, 2.05) is 0 Å². The molecular weight excluding hydrogens is 396 g/mol. The number of imide groups is 1. The Morgan fingerprint density at radius 2 is 1.43 bits per heavy atom. The molecule has 0 spiro atoms. The van der Waals surface area contributed by atoms with Crippen LogP contribution < -0.4 is 5.32 Å². The number of hydrogen-bond acceptors (Lipinski definition) is 5. The van der Waals surface area contributed by atoms with Crippen LogP contribution in [-0.2, 0) is 4.79 Å². The van der Waals surface area contributed by atoms with E-state index in [1.165, 1.54) is 70.6 Å². The number of nitrogens with one attached hydrogen (secondary N) is 1. The first-order valence-corrected chi connectivity index (χ1v) is 13.1. The Labute approximate surface area is 187 Å². The summed E-state index contributed by atoms with van der Waals surface area (Å²) in [6.45, 7) is 5.30. The summed E-state index contributed by atoms with van der Waals surface area (Å²) < 4.78 is 0. The monoisotopic (exact) mass is 438 g/mol. The molecule has 3 amide bonds. The van der Waals surface area contributed by atoms with E-state index >= 15 is 0 Å². The second-order valence-corrected chi connectivity index (χ2v) is 9.67. The zero-order chi connectivity index (χ0) is 21.8. The lowest BCUT2D eigenvalue weighted by molar-refractivity contribution is -0.127. The fourth-order valence-corrected chi connectivity index (χ4v) is 5.23. The normalized spacial score (nSPS) is 21.1. The zero-order valence-electron chi connectivity index (χ0n) is 19.3. The molecule has 2 aliphatic rings. The molecule has 0 aromatic heterocycles. The highest BCUT2D eigenvalue weighted by atomic mass is 32.2. The van der Waals surface area contributed by atoms with Crippen molar-refractivity contribution < 1.29 is 9.59 Å². The molecule has 2 heterocycles. The highest BCUT2D eigenvalue weighted by Gasteiger charge is 2.48. The lowest BCUT2D eigenvalue weighted by Crippen LogP contribution is -2.63. The van der Waals surface area contributed by atoms with Crippen molar-refractivity contribution in [1.29, 1.82) is 0 Å². The van der Waals surface area contributed by atoms with Crippen molar-refractivity contribution >= 4 is 28.9 Å². The minimum Gasteiger partial charge on any atom is -0.336 e. The Morgan fingerprint density at radius 1 is 0.867 bits per heavy atom. The number of rotatable bonds is 15. The second kappa shape index (κ2) is 13.9. The van der Waals surface area contributed by atoms with Gasteiger partial charge in [0.25, 0.3) is 5.91 Å². The summed E-state index contributed by atoms with van der Waals surface area (Å²) in [6.07, 6.45) is 16.1. The molecule has 6 nitrogen and oxygen atoms in total. The number of hydrogen-bond donors (Lipinski definition) is 1. The number of amidine groups is 1. The molecule has 172 valence electrons. The van der Waals surface area contributed by atoms with Crippen molar-refractivity contribution in [3.63, 3.8) is 0 Å². The molecular formula is C23H42N4O2S. The van der Waals surface area contributed by atoms with Gasteiger partial charge < -0.3 is 9.80 Å². The van der Waals surface area contributed by atoms with Gasteiger partial charge in [0, 0.05) is 19.3 Å². The van der Waals surface area contributed by atoms with E-state index < -0.39 is 0 Å². The molecule has 0 bridgehead atoms. The quantitative estimate of drug-likeness (QED) is 0.349. The molecule has 0 aromatic rings. The smallest absolute Gasteiger partial charge is 0.325 e. The van der Waals surface area contributed by atoms with Gasteiger partial charge in [-0.15, -0.1) is 0 Å². The van der Waals surface area contributed by atoms with Gasteiger partial charge in [0.05, 0.1) is 0 Å². The highest BCUT2D eigenvalue weighted by Crippen LogP contribution is 2.29. The van der Waals surface area contributed by atoms with Crippen molar-refractivity contribution in [1.82, 2.24) is 15.1 Å². The van der Waals surface area contributed by atoms with Gasteiger partial charge in [-0.2, -0.15) is 0 Å². The van der Waals surface area contributed by atoms with E-state index in [-0.39, 0.29) is 24.1 Å². The Balaban J connectivity index is 1.78. The average molecular weight is 439 g/mol. The topological polar surface area (TPSA) is 65.0 Å². The van der Waals surface area contributed by atoms with Gasteiger partial charge in [0.2, 0.25) is 0 Å². The van der Waals surface area contributed by atoms with Gasteiger partial charge in [-0.05, 0) is 12.8 Å². The third-order valence-electron chi connectivity index (χ3n) is 6.05. The van der Waals surface area contributed by atoms with Gasteiger partial charge in [-0.1, -0.05) is 96.2 Å². The number of likely N-dealkylation sites (N-methyl/N-ethyl adjacent to an activating group) is 1. The van der Waals surface area contributed by atoms with Crippen molar-refractivity contribution in [2.24, 2.45) is 4.99 Å². The number of carbonyl (C=O) groups excluding carboxylic acids is 2. The molecule has 2 aliphatic heterocycles. The standard InChI is InChI=1S/C23H42N4O2S/c1-4-6-8-9-10-11-12-13-14-15-17-27-19-20(26(3)22(29)25-21(19)28)24-23(27)30-18-16-7-5-2/h19-20H,4-18H2,1-3H3,(H,25,28,29). The molecule has 0 radical (unpaired) electrons. The number of fused-ring (bicyclic) bond motifs is 1. The first kappa shape index (κ1) is 25.0. The van der Waals surface area contributed by atoms with Crippen LogP contribution in [0, 0.1) is 0 Å². The number of carbonyl (C=O) groups is 2. The summed E-state index contributed by atoms with van der Waals surface area (Å²) >= 11 is 1.74. The maximum absolute atomic E-state index is 12.6. The minimum atomic E-state index is -0.386. The lowest BCUT2D eigenvalue weighted by Gasteiger charge is -2.36. The molecule has 1 fully saturated rings. The van der Waals surface area contributed by atoms with Gasteiger partial charge >= 0.3 is 6.03 Å². The summed E-state index contributed by atoms with van der Waals surface area (Å²) in [5.41, 5.74) is 0. The molecule has 1 saturated heterocycles. The summed E-state index contributed by atoms with van der Waals surface area (Å²) in [4.78, 5) is 33.1. The van der Waals surface area contributed by atoms with Crippen LogP contribution in [-0.4, -0.2) is 58.5 Å². The summed E-state index contributed by atoms with van der Waals surface area (Å²) in [6, 6.07) is -0.721. The van der Waals surface area contributed by atoms with Gasteiger partial charge in [-0.3, -0.25) is 10.1 Å². The van der Waals surface area contributed by atoms with Gasteiger partial charge in [0.15, 0.2) is 17.4 Å². The van der Waals surface area contributed by atoms with E-state index in [2.05, 4.69) is 24.1 Å². The lowest BCUT2D eigenvalue weighted by atomic mass is 10.1. The minimum absolute atomic E-state index is 0.205. The average Bonchev–Trinajstić information content (AvgIpc) is 3.10. The maximum atomic E-state index is 12.6. The third kappa shape index (κ3) is 7.47. The molecule has 30 heavy (non-hydrogen) atoms. The number of aliphatic imine (C=N–C) groups is 1. The molecule has 0 aromatic carbocycles. The van der Waals surface area contributed by atoms with E-state index in [4.69, 9.17) is 4.99 Å². The van der Waals surface area contributed by atoms with Crippen LogP contribution in [0.4, 0.5) is 4.79 Å². The zero-order valence-corrected chi connectivity index (χ0v) is 20.1. The van der Waals surface area contributed by atoms with Crippen molar-refractivity contribution in [3.05, 3.63) is 0 Å². The first-order chi connectivity index (χ1) is 14.6. The molecule has 2 unspecified atom stereocenters. The van der Waals surface area contributed by atoms with E-state index in [0.717, 1.165) is 30.3 Å². The number of unbranched alkanes of at least 4 members (excludes halogenated alkanes) is 11. The maximum Gasteiger partial charge on any atom is 0.325 e. The Morgan fingerprint density at radius 3 is 2.07 bits per heavy atom. The summed E-state index contributed by atoms with van der Waals surface area (Å²) in [5.74, 6) is 0.808. The van der Waals surface area contributed by atoms with Crippen LogP contribution >= 0.6 is 11.8 Å². The molecule has 2 atom stereocenters. The van der Waals surface area contributed by atoms with Crippen LogP contribution in [0.5, 0.6) is 0 Å². The van der Waals surface area contributed by atoms with Crippen molar-refractivity contribution in [2.75, 3.05) is 19.3 Å².